The number of amides is 1. The molecule has 0 aliphatic rings. The van der Waals surface area contributed by atoms with Crippen molar-refractivity contribution in [2.75, 3.05) is 6.26 Å². The monoisotopic (exact) mass is 333 g/mol. The Kier molecular flexibility index (Phi) is 4.77. The first-order chi connectivity index (χ1) is 9.25. The summed E-state index contributed by atoms with van der Waals surface area (Å²) >= 11 is 5.84. The summed E-state index contributed by atoms with van der Waals surface area (Å²) in [6.45, 7) is 6.52. The van der Waals surface area contributed by atoms with Gasteiger partial charge in [-0.15, -0.1) is 0 Å². The van der Waals surface area contributed by atoms with Crippen molar-refractivity contribution in [2.45, 2.75) is 43.7 Å². The van der Waals surface area contributed by atoms with E-state index >= 15 is 0 Å². The van der Waals surface area contributed by atoms with Gasteiger partial charge in [0, 0.05) is 11.8 Å². The summed E-state index contributed by atoms with van der Waals surface area (Å²) in [7, 11) is -3.52. The van der Waals surface area contributed by atoms with Crippen molar-refractivity contribution >= 4 is 27.3 Å². The summed E-state index contributed by atoms with van der Waals surface area (Å²) in [6, 6.07) is 4.03. The average Bonchev–Trinajstić information content (AvgIpc) is 2.25. The molecule has 0 aliphatic carbocycles. The van der Waals surface area contributed by atoms with Crippen LogP contribution in [0.2, 0.25) is 5.02 Å². The molecule has 21 heavy (non-hydrogen) atoms. The average molecular weight is 334 g/mol. The summed E-state index contributed by atoms with van der Waals surface area (Å²) in [5.41, 5.74) is -1.87. The molecule has 1 amide bonds. The smallest absolute Gasteiger partial charge is 0.251 e. The molecule has 0 spiro atoms. The maximum Gasteiger partial charge on any atom is 0.251 e. The van der Waals surface area contributed by atoms with Crippen LogP contribution in [0.1, 0.15) is 38.1 Å². The van der Waals surface area contributed by atoms with Crippen LogP contribution in [0.4, 0.5) is 0 Å². The van der Waals surface area contributed by atoms with Gasteiger partial charge in [-0.05, 0) is 45.9 Å². The number of carbonyl (C=O) groups excluding carboxylic acids is 1. The molecule has 0 aromatic heterocycles. The molecule has 0 atom stereocenters. The minimum atomic E-state index is -3.52. The van der Waals surface area contributed by atoms with Crippen molar-refractivity contribution in [1.82, 2.24) is 5.32 Å². The van der Waals surface area contributed by atoms with Crippen molar-refractivity contribution in [3.05, 3.63) is 28.8 Å². The van der Waals surface area contributed by atoms with Crippen LogP contribution in [0.3, 0.4) is 0 Å². The highest BCUT2D eigenvalue weighted by Crippen LogP contribution is 2.24. The van der Waals surface area contributed by atoms with E-state index in [-0.39, 0.29) is 15.5 Å². The number of hydrogen-bond donors (Lipinski definition) is 2. The highest BCUT2D eigenvalue weighted by atomic mass is 35.5. The summed E-state index contributed by atoms with van der Waals surface area (Å²) in [6.07, 6.45) is 1.02. The first kappa shape index (κ1) is 17.9. The SMILES string of the molecule is CC(C)(O)C(C)(C)NC(=O)c1ccc(Cl)c(S(C)(=O)=O)c1. The molecule has 0 unspecified atom stereocenters. The van der Waals surface area contributed by atoms with Gasteiger partial charge in [-0.3, -0.25) is 4.79 Å². The zero-order chi connectivity index (χ0) is 16.6. The van der Waals surface area contributed by atoms with Gasteiger partial charge in [0.25, 0.3) is 5.91 Å². The topological polar surface area (TPSA) is 83.5 Å². The Morgan fingerprint density at radius 3 is 2.19 bits per heavy atom. The fourth-order valence-electron chi connectivity index (χ4n) is 1.44. The first-order valence-electron chi connectivity index (χ1n) is 6.30. The molecular formula is C14H20ClNO4S. The normalized spacial score (nSPS) is 13.1. The second-order valence-corrected chi connectivity index (χ2v) is 8.45. The van der Waals surface area contributed by atoms with E-state index in [1.807, 2.05) is 0 Å². The van der Waals surface area contributed by atoms with Gasteiger partial charge in [-0.1, -0.05) is 11.6 Å². The van der Waals surface area contributed by atoms with Crippen LogP contribution in [0.5, 0.6) is 0 Å². The van der Waals surface area contributed by atoms with Crippen molar-refractivity contribution in [3.63, 3.8) is 0 Å². The Morgan fingerprint density at radius 1 is 1.24 bits per heavy atom. The zero-order valence-electron chi connectivity index (χ0n) is 12.7. The molecule has 0 aliphatic heterocycles. The van der Waals surface area contributed by atoms with Gasteiger partial charge in [-0.2, -0.15) is 0 Å². The molecule has 0 bridgehead atoms. The quantitative estimate of drug-likeness (QED) is 0.883. The Labute approximate surface area is 130 Å². The van der Waals surface area contributed by atoms with Crippen molar-refractivity contribution < 1.29 is 18.3 Å². The summed E-state index contributed by atoms with van der Waals surface area (Å²) in [5.74, 6) is -0.483. The second kappa shape index (κ2) is 5.59. The number of hydrogen-bond acceptors (Lipinski definition) is 4. The molecule has 1 rings (SSSR count). The number of aliphatic hydroxyl groups is 1. The third kappa shape index (κ3) is 4.18. The van der Waals surface area contributed by atoms with Gasteiger partial charge < -0.3 is 10.4 Å². The molecule has 5 nitrogen and oxygen atoms in total. The van der Waals surface area contributed by atoms with Gasteiger partial charge in [0.1, 0.15) is 0 Å². The van der Waals surface area contributed by atoms with E-state index in [9.17, 15) is 18.3 Å². The largest absolute Gasteiger partial charge is 0.388 e. The number of carbonyl (C=O) groups is 1. The number of sulfone groups is 1. The fraction of sp³-hybridized carbons (Fsp3) is 0.500. The summed E-state index contributed by atoms with van der Waals surface area (Å²) in [4.78, 5) is 12.1. The van der Waals surface area contributed by atoms with Gasteiger partial charge >= 0.3 is 0 Å². The third-order valence-corrected chi connectivity index (χ3v) is 5.13. The van der Waals surface area contributed by atoms with E-state index in [1.165, 1.54) is 18.2 Å². The molecule has 7 heteroatoms. The van der Waals surface area contributed by atoms with Crippen molar-refractivity contribution in [2.24, 2.45) is 0 Å². The first-order valence-corrected chi connectivity index (χ1v) is 8.57. The highest BCUT2D eigenvalue weighted by Gasteiger charge is 2.36. The van der Waals surface area contributed by atoms with Crippen LogP contribution in [-0.4, -0.2) is 36.8 Å². The standard InChI is InChI=1S/C14H20ClNO4S/c1-13(2,14(3,4)18)16-12(17)9-6-7-10(15)11(8-9)21(5,19)20/h6-8,18H,1-5H3,(H,16,17). The Morgan fingerprint density at radius 2 is 1.76 bits per heavy atom. The fourth-order valence-corrected chi connectivity index (χ4v) is 2.74. The van der Waals surface area contributed by atoms with Crippen LogP contribution in [0, 0.1) is 0 Å². The molecule has 0 radical (unpaired) electrons. The highest BCUT2D eigenvalue weighted by molar-refractivity contribution is 7.90. The van der Waals surface area contributed by atoms with Crippen molar-refractivity contribution in [3.8, 4) is 0 Å². The van der Waals surface area contributed by atoms with Gasteiger partial charge in [0.2, 0.25) is 0 Å². The molecule has 0 saturated carbocycles. The summed E-state index contributed by atoms with van der Waals surface area (Å²) in [5, 5.41) is 12.8. The van der Waals surface area contributed by atoms with Crippen LogP contribution in [0.25, 0.3) is 0 Å². The van der Waals surface area contributed by atoms with Crippen molar-refractivity contribution in [1.29, 1.82) is 0 Å². The number of nitrogens with one attached hydrogen (secondary N) is 1. The maximum absolute atomic E-state index is 12.2. The van der Waals surface area contributed by atoms with Gasteiger partial charge in [-0.25, -0.2) is 8.42 Å². The van der Waals surface area contributed by atoms with E-state index in [0.29, 0.717) is 0 Å². The maximum atomic E-state index is 12.2. The van der Waals surface area contributed by atoms with E-state index in [0.717, 1.165) is 6.26 Å². The summed E-state index contributed by atoms with van der Waals surface area (Å²) < 4.78 is 23.2. The minimum absolute atomic E-state index is 0.0656. The zero-order valence-corrected chi connectivity index (χ0v) is 14.3. The van der Waals surface area contributed by atoms with Crippen LogP contribution < -0.4 is 5.32 Å². The molecule has 118 valence electrons. The molecule has 0 heterocycles. The lowest BCUT2D eigenvalue weighted by Gasteiger charge is -2.38. The third-order valence-electron chi connectivity index (χ3n) is 3.55. The lowest BCUT2D eigenvalue weighted by Crippen LogP contribution is -2.57. The van der Waals surface area contributed by atoms with E-state index in [4.69, 9.17) is 11.6 Å². The molecule has 0 saturated heterocycles. The molecule has 2 N–H and O–H groups in total. The number of benzene rings is 1. The van der Waals surface area contributed by atoms with Crippen LogP contribution in [-0.2, 0) is 9.84 Å². The Bertz CT molecular complexity index is 660. The van der Waals surface area contributed by atoms with Crippen LogP contribution >= 0.6 is 11.6 Å². The predicted molar refractivity (Wildman–Crippen MR) is 82.4 cm³/mol. The van der Waals surface area contributed by atoms with Gasteiger partial charge in [0.05, 0.1) is 21.1 Å². The second-order valence-electron chi connectivity index (χ2n) is 6.06. The van der Waals surface area contributed by atoms with Crippen LogP contribution in [0.15, 0.2) is 23.1 Å². The molecule has 1 aromatic rings. The molecular weight excluding hydrogens is 314 g/mol. The molecule has 1 aromatic carbocycles. The predicted octanol–water partition coefficient (Wildman–Crippen LogP) is 2.02. The number of halogens is 1. The number of rotatable bonds is 4. The minimum Gasteiger partial charge on any atom is -0.388 e. The Balaban J connectivity index is 3.17. The van der Waals surface area contributed by atoms with Gasteiger partial charge in [0.15, 0.2) is 9.84 Å². The van der Waals surface area contributed by atoms with E-state index in [2.05, 4.69) is 5.32 Å². The lowest BCUT2D eigenvalue weighted by molar-refractivity contribution is -0.00293. The van der Waals surface area contributed by atoms with E-state index < -0.39 is 26.9 Å². The molecule has 0 fully saturated rings. The lowest BCUT2D eigenvalue weighted by atomic mass is 9.86. The Hall–Kier alpha value is -1.11. The van der Waals surface area contributed by atoms with E-state index in [1.54, 1.807) is 27.7 Å².